The van der Waals surface area contributed by atoms with E-state index in [4.69, 9.17) is 11.6 Å². The number of anilines is 1. The number of benzene rings is 3. The van der Waals surface area contributed by atoms with Gasteiger partial charge in [0.2, 0.25) is 0 Å². The van der Waals surface area contributed by atoms with Crippen LogP contribution in [0.1, 0.15) is 10.4 Å². The molecule has 0 saturated heterocycles. The number of hydrogen-bond donors (Lipinski definition) is 2. The molecule has 0 aliphatic heterocycles. The van der Waals surface area contributed by atoms with Gasteiger partial charge in [0.25, 0.3) is 5.91 Å². The summed E-state index contributed by atoms with van der Waals surface area (Å²) in [6.07, 6.45) is 0. The molecule has 104 valence electrons. The van der Waals surface area contributed by atoms with Gasteiger partial charge in [-0.05, 0) is 36.4 Å². The van der Waals surface area contributed by atoms with E-state index in [-0.39, 0.29) is 11.7 Å². The van der Waals surface area contributed by atoms with Crippen molar-refractivity contribution in [1.29, 1.82) is 0 Å². The van der Waals surface area contributed by atoms with Crippen LogP contribution in [0.15, 0.2) is 60.7 Å². The minimum Gasteiger partial charge on any atom is -0.507 e. The fraction of sp³-hybridized carbons (Fsp3) is 0. The maximum atomic E-state index is 12.2. The predicted octanol–water partition coefficient (Wildman–Crippen LogP) is 4.45. The van der Waals surface area contributed by atoms with E-state index >= 15 is 0 Å². The van der Waals surface area contributed by atoms with E-state index < -0.39 is 0 Å². The van der Waals surface area contributed by atoms with Crippen molar-refractivity contribution in [3.63, 3.8) is 0 Å². The number of amides is 1. The van der Waals surface area contributed by atoms with Crippen LogP contribution in [0.2, 0.25) is 5.02 Å². The van der Waals surface area contributed by atoms with Gasteiger partial charge in [-0.15, -0.1) is 0 Å². The molecule has 1 amide bonds. The number of halogens is 1. The molecular weight excluding hydrogens is 286 g/mol. The second-order valence-electron chi connectivity index (χ2n) is 4.64. The molecular formula is C17H12ClNO2. The number of nitrogens with one attached hydrogen (secondary N) is 1. The lowest BCUT2D eigenvalue weighted by Gasteiger charge is -2.09. The summed E-state index contributed by atoms with van der Waals surface area (Å²) < 4.78 is 0. The van der Waals surface area contributed by atoms with Crippen LogP contribution in [0.5, 0.6) is 5.75 Å². The standard InChI is InChI=1S/C17H12ClNO2/c18-12-9-7-11(8-10-12)17(21)19-15-5-1-4-14-13(15)3-2-6-16(14)20/h1-10,20H,(H,19,21). The van der Waals surface area contributed by atoms with Crippen molar-refractivity contribution in [2.45, 2.75) is 0 Å². The summed E-state index contributed by atoms with van der Waals surface area (Å²) in [5, 5.41) is 14.8. The third kappa shape index (κ3) is 2.69. The Bertz CT molecular complexity index is 813. The highest BCUT2D eigenvalue weighted by atomic mass is 35.5. The number of phenolic OH excluding ortho intramolecular Hbond substituents is 1. The zero-order valence-corrected chi connectivity index (χ0v) is 11.8. The highest BCUT2D eigenvalue weighted by Gasteiger charge is 2.09. The maximum absolute atomic E-state index is 12.2. The summed E-state index contributed by atoms with van der Waals surface area (Å²) in [5.41, 5.74) is 1.18. The van der Waals surface area contributed by atoms with Crippen LogP contribution in [0.25, 0.3) is 10.8 Å². The first-order valence-electron chi connectivity index (χ1n) is 6.43. The molecule has 0 bridgehead atoms. The molecule has 4 heteroatoms. The van der Waals surface area contributed by atoms with Gasteiger partial charge in [-0.2, -0.15) is 0 Å². The van der Waals surface area contributed by atoms with Crippen LogP contribution in [0.4, 0.5) is 5.69 Å². The van der Waals surface area contributed by atoms with Gasteiger partial charge in [-0.1, -0.05) is 35.9 Å². The van der Waals surface area contributed by atoms with E-state index in [9.17, 15) is 9.90 Å². The molecule has 0 radical (unpaired) electrons. The highest BCUT2D eigenvalue weighted by Crippen LogP contribution is 2.30. The zero-order valence-electron chi connectivity index (χ0n) is 11.0. The summed E-state index contributed by atoms with van der Waals surface area (Å²) in [6, 6.07) is 17.3. The van der Waals surface area contributed by atoms with Crippen LogP contribution in [0, 0.1) is 0 Å². The first kappa shape index (κ1) is 13.5. The summed E-state index contributed by atoms with van der Waals surface area (Å²) in [7, 11) is 0. The Labute approximate surface area is 126 Å². The summed E-state index contributed by atoms with van der Waals surface area (Å²) in [5.74, 6) is -0.0300. The maximum Gasteiger partial charge on any atom is 0.255 e. The SMILES string of the molecule is O=C(Nc1cccc2c(O)cccc12)c1ccc(Cl)cc1. The number of hydrogen-bond acceptors (Lipinski definition) is 2. The molecule has 0 aliphatic carbocycles. The topological polar surface area (TPSA) is 49.3 Å². The van der Waals surface area contributed by atoms with E-state index in [1.54, 1.807) is 48.5 Å². The number of phenols is 1. The lowest BCUT2D eigenvalue weighted by molar-refractivity contribution is 0.102. The third-order valence-corrected chi connectivity index (χ3v) is 3.51. The fourth-order valence-corrected chi connectivity index (χ4v) is 2.32. The fourth-order valence-electron chi connectivity index (χ4n) is 2.20. The number of fused-ring (bicyclic) bond motifs is 1. The van der Waals surface area contributed by atoms with E-state index in [1.807, 2.05) is 12.1 Å². The normalized spacial score (nSPS) is 10.5. The van der Waals surface area contributed by atoms with Crippen molar-refractivity contribution in [3.8, 4) is 5.75 Å². The summed E-state index contributed by atoms with van der Waals surface area (Å²) in [6.45, 7) is 0. The monoisotopic (exact) mass is 297 g/mol. The first-order valence-corrected chi connectivity index (χ1v) is 6.80. The Morgan fingerprint density at radius 2 is 1.57 bits per heavy atom. The van der Waals surface area contributed by atoms with Crippen LogP contribution < -0.4 is 5.32 Å². The second kappa shape index (κ2) is 5.46. The van der Waals surface area contributed by atoms with Gasteiger partial charge in [0.15, 0.2) is 0 Å². The Hall–Kier alpha value is -2.52. The van der Waals surface area contributed by atoms with Gasteiger partial charge in [-0.3, -0.25) is 4.79 Å². The van der Waals surface area contributed by atoms with Crippen molar-refractivity contribution in [3.05, 3.63) is 71.2 Å². The molecule has 21 heavy (non-hydrogen) atoms. The van der Waals surface area contributed by atoms with Crippen LogP contribution in [0.3, 0.4) is 0 Å². The lowest BCUT2D eigenvalue weighted by atomic mass is 10.1. The first-order chi connectivity index (χ1) is 10.1. The van der Waals surface area contributed by atoms with Gasteiger partial charge in [0.05, 0.1) is 0 Å². The third-order valence-electron chi connectivity index (χ3n) is 3.25. The molecule has 3 aromatic rings. The Balaban J connectivity index is 1.96. The van der Waals surface area contributed by atoms with E-state index in [1.165, 1.54) is 0 Å². The lowest BCUT2D eigenvalue weighted by Crippen LogP contribution is -2.11. The Morgan fingerprint density at radius 3 is 2.33 bits per heavy atom. The predicted molar refractivity (Wildman–Crippen MR) is 85.0 cm³/mol. The zero-order chi connectivity index (χ0) is 14.8. The number of carbonyl (C=O) groups excluding carboxylic acids is 1. The average molecular weight is 298 g/mol. The molecule has 0 fully saturated rings. The van der Waals surface area contributed by atoms with Gasteiger partial charge >= 0.3 is 0 Å². The molecule has 0 saturated carbocycles. The molecule has 0 aromatic heterocycles. The van der Waals surface area contributed by atoms with Crippen molar-refractivity contribution in [2.24, 2.45) is 0 Å². The van der Waals surface area contributed by atoms with Crippen LogP contribution in [-0.4, -0.2) is 11.0 Å². The summed E-state index contributed by atoms with van der Waals surface area (Å²) >= 11 is 5.81. The van der Waals surface area contributed by atoms with Gasteiger partial charge in [0.1, 0.15) is 5.75 Å². The molecule has 3 aromatic carbocycles. The molecule has 0 atom stereocenters. The molecule has 2 N–H and O–H groups in total. The van der Waals surface area contributed by atoms with Gasteiger partial charge < -0.3 is 10.4 Å². The smallest absolute Gasteiger partial charge is 0.255 e. The van der Waals surface area contributed by atoms with Crippen molar-refractivity contribution in [2.75, 3.05) is 5.32 Å². The molecule has 0 aliphatic rings. The highest BCUT2D eigenvalue weighted by molar-refractivity contribution is 6.30. The van der Waals surface area contributed by atoms with Crippen LogP contribution >= 0.6 is 11.6 Å². The van der Waals surface area contributed by atoms with Gasteiger partial charge in [-0.25, -0.2) is 0 Å². The molecule has 3 rings (SSSR count). The number of carbonyl (C=O) groups is 1. The summed E-state index contributed by atoms with van der Waals surface area (Å²) in [4.78, 5) is 12.2. The van der Waals surface area contributed by atoms with E-state index in [2.05, 4.69) is 5.32 Å². The quantitative estimate of drug-likeness (QED) is 0.734. The van der Waals surface area contributed by atoms with Gasteiger partial charge in [0, 0.05) is 27.0 Å². The molecule has 0 spiro atoms. The Morgan fingerprint density at radius 1 is 0.905 bits per heavy atom. The second-order valence-corrected chi connectivity index (χ2v) is 5.08. The van der Waals surface area contributed by atoms with E-state index in [0.29, 0.717) is 21.7 Å². The van der Waals surface area contributed by atoms with Crippen molar-refractivity contribution in [1.82, 2.24) is 0 Å². The number of aromatic hydroxyl groups is 1. The van der Waals surface area contributed by atoms with E-state index in [0.717, 1.165) is 5.39 Å². The largest absolute Gasteiger partial charge is 0.507 e. The molecule has 3 nitrogen and oxygen atoms in total. The Kier molecular flexibility index (Phi) is 3.50. The number of rotatable bonds is 2. The average Bonchev–Trinajstić information content (AvgIpc) is 2.49. The van der Waals surface area contributed by atoms with Crippen LogP contribution in [-0.2, 0) is 0 Å². The molecule has 0 unspecified atom stereocenters. The molecule has 0 heterocycles. The van der Waals surface area contributed by atoms with Crippen molar-refractivity contribution >= 4 is 34.0 Å². The minimum absolute atomic E-state index is 0.190. The minimum atomic E-state index is -0.220. The van der Waals surface area contributed by atoms with Crippen molar-refractivity contribution < 1.29 is 9.90 Å².